The van der Waals surface area contributed by atoms with Gasteiger partial charge in [0.25, 0.3) is 0 Å². The third-order valence-electron chi connectivity index (χ3n) is 2.90. The molecule has 0 heterocycles. The first-order valence-corrected chi connectivity index (χ1v) is 8.66. The average molecular weight is 363 g/mol. The lowest BCUT2D eigenvalue weighted by Gasteiger charge is -2.23. The van der Waals surface area contributed by atoms with Crippen LogP contribution in [-0.2, 0) is 14.8 Å². The minimum atomic E-state index is -3.69. The van der Waals surface area contributed by atoms with Gasteiger partial charge in [-0.05, 0) is 45.0 Å². The Kier molecular flexibility index (Phi) is 6.16. The smallest absolute Gasteiger partial charge is 0.241 e. The Morgan fingerprint density at radius 2 is 1.75 bits per heavy atom. The topological polar surface area (TPSA) is 66.5 Å². The van der Waals surface area contributed by atoms with Crippen LogP contribution in [-0.4, -0.2) is 38.4 Å². The van der Waals surface area contributed by atoms with Crippen molar-refractivity contribution in [3.63, 3.8) is 0 Å². The lowest BCUT2D eigenvalue weighted by molar-refractivity contribution is -0.132. The maximum Gasteiger partial charge on any atom is 0.241 e. The van der Waals surface area contributed by atoms with Gasteiger partial charge in [0.05, 0.1) is 10.9 Å². The van der Waals surface area contributed by atoms with Crippen molar-refractivity contribution in [2.75, 3.05) is 13.1 Å². The van der Waals surface area contributed by atoms with Gasteiger partial charge in [0.15, 0.2) is 0 Å². The Bertz CT molecular complexity index is 553. The van der Waals surface area contributed by atoms with Gasteiger partial charge in [0.1, 0.15) is 0 Å². The molecule has 0 saturated carbocycles. The largest absolute Gasteiger partial charge is 0.342 e. The molecule has 1 aromatic carbocycles. The molecule has 0 spiro atoms. The molecule has 112 valence electrons. The van der Waals surface area contributed by atoms with Crippen LogP contribution in [0.1, 0.15) is 20.8 Å². The first-order valence-electron chi connectivity index (χ1n) is 6.38. The molecule has 0 aliphatic carbocycles. The Hall–Kier alpha value is -0.920. The minimum absolute atomic E-state index is 0.139. The minimum Gasteiger partial charge on any atom is -0.342 e. The average Bonchev–Trinajstić information content (AvgIpc) is 2.40. The van der Waals surface area contributed by atoms with Crippen LogP contribution >= 0.6 is 15.9 Å². The zero-order valence-electron chi connectivity index (χ0n) is 11.8. The normalized spacial score (nSPS) is 13.0. The summed E-state index contributed by atoms with van der Waals surface area (Å²) in [7, 11) is -3.69. The number of rotatable bonds is 6. The predicted molar refractivity (Wildman–Crippen MR) is 81.9 cm³/mol. The number of hydrogen-bond donors (Lipinski definition) is 1. The van der Waals surface area contributed by atoms with E-state index >= 15 is 0 Å². The van der Waals surface area contributed by atoms with E-state index in [1.54, 1.807) is 24.0 Å². The van der Waals surface area contributed by atoms with Crippen molar-refractivity contribution in [3.8, 4) is 0 Å². The second kappa shape index (κ2) is 7.19. The van der Waals surface area contributed by atoms with E-state index in [1.807, 2.05) is 13.8 Å². The Balaban J connectivity index is 2.85. The second-order valence-electron chi connectivity index (χ2n) is 4.31. The van der Waals surface area contributed by atoms with E-state index in [0.29, 0.717) is 13.1 Å². The number of benzene rings is 1. The SMILES string of the molecule is CCN(CC)C(=O)C(C)NS(=O)(=O)c1ccc(Br)cc1. The molecule has 0 aliphatic heterocycles. The molecule has 1 aromatic rings. The van der Waals surface area contributed by atoms with E-state index in [0.717, 1.165) is 4.47 Å². The number of carbonyl (C=O) groups is 1. The van der Waals surface area contributed by atoms with Crippen molar-refractivity contribution in [2.45, 2.75) is 31.7 Å². The highest BCUT2D eigenvalue weighted by Crippen LogP contribution is 2.15. The van der Waals surface area contributed by atoms with Gasteiger partial charge in [0, 0.05) is 17.6 Å². The van der Waals surface area contributed by atoms with E-state index in [4.69, 9.17) is 0 Å². The molecule has 0 aromatic heterocycles. The first-order chi connectivity index (χ1) is 9.31. The summed E-state index contributed by atoms with van der Waals surface area (Å²) in [6.45, 7) is 6.38. The Morgan fingerprint density at radius 1 is 1.25 bits per heavy atom. The molecule has 0 aliphatic rings. The maximum atomic E-state index is 12.2. The van der Waals surface area contributed by atoms with Gasteiger partial charge in [-0.2, -0.15) is 4.72 Å². The number of halogens is 1. The van der Waals surface area contributed by atoms with Gasteiger partial charge in [-0.15, -0.1) is 0 Å². The fourth-order valence-electron chi connectivity index (χ4n) is 1.77. The number of amides is 1. The number of likely N-dealkylation sites (N-methyl/N-ethyl adjacent to an activating group) is 1. The highest BCUT2D eigenvalue weighted by Gasteiger charge is 2.24. The van der Waals surface area contributed by atoms with E-state index in [9.17, 15) is 13.2 Å². The predicted octanol–water partition coefficient (Wildman–Crippen LogP) is 1.98. The lowest BCUT2D eigenvalue weighted by Crippen LogP contribution is -2.46. The molecule has 7 heteroatoms. The van der Waals surface area contributed by atoms with Crippen LogP contribution in [0.15, 0.2) is 33.6 Å². The Labute approximate surface area is 128 Å². The van der Waals surface area contributed by atoms with Crippen molar-refractivity contribution >= 4 is 31.9 Å². The van der Waals surface area contributed by atoms with Crippen LogP contribution in [0.5, 0.6) is 0 Å². The summed E-state index contributed by atoms with van der Waals surface area (Å²) in [5.41, 5.74) is 0. The van der Waals surface area contributed by atoms with E-state index in [-0.39, 0.29) is 10.8 Å². The summed E-state index contributed by atoms with van der Waals surface area (Å²) in [5, 5.41) is 0. The molecular formula is C13H19BrN2O3S. The van der Waals surface area contributed by atoms with Crippen molar-refractivity contribution in [1.29, 1.82) is 0 Å². The third kappa shape index (κ3) is 4.29. The third-order valence-corrected chi connectivity index (χ3v) is 4.99. The molecule has 1 N–H and O–H groups in total. The van der Waals surface area contributed by atoms with Crippen LogP contribution < -0.4 is 4.72 Å². The fraction of sp³-hybridized carbons (Fsp3) is 0.462. The Morgan fingerprint density at radius 3 is 2.20 bits per heavy atom. The van der Waals surface area contributed by atoms with Crippen molar-refractivity contribution in [1.82, 2.24) is 9.62 Å². The van der Waals surface area contributed by atoms with Crippen molar-refractivity contribution < 1.29 is 13.2 Å². The van der Waals surface area contributed by atoms with Crippen LogP contribution in [0.2, 0.25) is 0 Å². The molecular weight excluding hydrogens is 344 g/mol. The number of hydrogen-bond acceptors (Lipinski definition) is 3. The summed E-state index contributed by atoms with van der Waals surface area (Å²) in [5.74, 6) is -0.226. The van der Waals surface area contributed by atoms with E-state index in [1.165, 1.54) is 12.1 Å². The second-order valence-corrected chi connectivity index (χ2v) is 6.94. The standard InChI is InChI=1S/C13H19BrN2O3S/c1-4-16(5-2)13(17)10(3)15-20(18,19)12-8-6-11(14)7-9-12/h6-10,15H,4-5H2,1-3H3. The molecule has 0 bridgehead atoms. The fourth-order valence-corrected chi connectivity index (χ4v) is 3.24. The molecule has 1 rings (SSSR count). The summed E-state index contributed by atoms with van der Waals surface area (Å²) in [4.78, 5) is 13.8. The highest BCUT2D eigenvalue weighted by atomic mass is 79.9. The van der Waals surface area contributed by atoms with Gasteiger partial charge in [0.2, 0.25) is 15.9 Å². The zero-order chi connectivity index (χ0) is 15.3. The summed E-state index contributed by atoms with van der Waals surface area (Å²) in [6.07, 6.45) is 0. The van der Waals surface area contributed by atoms with Crippen LogP contribution in [0.4, 0.5) is 0 Å². The van der Waals surface area contributed by atoms with Gasteiger partial charge >= 0.3 is 0 Å². The molecule has 0 radical (unpaired) electrons. The summed E-state index contributed by atoms with van der Waals surface area (Å²) >= 11 is 3.25. The van der Waals surface area contributed by atoms with Crippen molar-refractivity contribution in [2.24, 2.45) is 0 Å². The van der Waals surface area contributed by atoms with Crippen LogP contribution in [0, 0.1) is 0 Å². The summed E-state index contributed by atoms with van der Waals surface area (Å²) in [6, 6.07) is 5.47. The summed E-state index contributed by atoms with van der Waals surface area (Å²) < 4.78 is 27.5. The molecule has 1 amide bonds. The van der Waals surface area contributed by atoms with Crippen LogP contribution in [0.3, 0.4) is 0 Å². The molecule has 1 unspecified atom stereocenters. The maximum absolute atomic E-state index is 12.2. The molecule has 0 fully saturated rings. The monoisotopic (exact) mass is 362 g/mol. The number of nitrogens with one attached hydrogen (secondary N) is 1. The highest BCUT2D eigenvalue weighted by molar-refractivity contribution is 9.10. The van der Waals surface area contributed by atoms with Gasteiger partial charge in [-0.1, -0.05) is 15.9 Å². The molecule has 1 atom stereocenters. The van der Waals surface area contributed by atoms with E-state index in [2.05, 4.69) is 20.7 Å². The van der Waals surface area contributed by atoms with E-state index < -0.39 is 16.1 Å². The molecule has 0 saturated heterocycles. The van der Waals surface area contributed by atoms with Gasteiger partial charge in [-0.25, -0.2) is 8.42 Å². The van der Waals surface area contributed by atoms with Gasteiger partial charge in [-0.3, -0.25) is 4.79 Å². The quantitative estimate of drug-likeness (QED) is 0.841. The first kappa shape index (κ1) is 17.1. The van der Waals surface area contributed by atoms with Gasteiger partial charge < -0.3 is 4.90 Å². The molecule has 5 nitrogen and oxygen atoms in total. The number of nitrogens with zero attached hydrogens (tertiary/aromatic N) is 1. The zero-order valence-corrected chi connectivity index (χ0v) is 14.2. The number of sulfonamides is 1. The number of carbonyl (C=O) groups excluding carboxylic acids is 1. The lowest BCUT2D eigenvalue weighted by atomic mass is 10.3. The molecule has 20 heavy (non-hydrogen) atoms. The van der Waals surface area contributed by atoms with Crippen molar-refractivity contribution in [3.05, 3.63) is 28.7 Å². The van der Waals surface area contributed by atoms with Crippen LogP contribution in [0.25, 0.3) is 0 Å².